The lowest BCUT2D eigenvalue weighted by Gasteiger charge is -2.40. The Balaban J connectivity index is 2.18. The van der Waals surface area contributed by atoms with Crippen LogP contribution in [0.3, 0.4) is 0 Å². The summed E-state index contributed by atoms with van der Waals surface area (Å²) in [4.78, 5) is 13.7. The summed E-state index contributed by atoms with van der Waals surface area (Å²) in [7, 11) is 0. The molecule has 30 heavy (non-hydrogen) atoms. The van der Waals surface area contributed by atoms with Crippen LogP contribution in [0.2, 0.25) is 5.02 Å². The van der Waals surface area contributed by atoms with E-state index in [9.17, 15) is 23.1 Å². The average Bonchev–Trinajstić information content (AvgIpc) is 2.69. The van der Waals surface area contributed by atoms with E-state index < -0.39 is 29.8 Å². The number of likely N-dealkylation sites (tertiary alicyclic amines) is 1. The van der Waals surface area contributed by atoms with Crippen LogP contribution >= 0.6 is 11.6 Å². The number of piperidine rings is 1. The Morgan fingerprint density at radius 2 is 2.03 bits per heavy atom. The number of hydrogen-bond donors (Lipinski definition) is 1. The topological polar surface area (TPSA) is 49.8 Å². The third-order valence-electron chi connectivity index (χ3n) is 5.26. The highest BCUT2D eigenvalue weighted by atomic mass is 35.5. The first-order valence-electron chi connectivity index (χ1n) is 9.80. The molecule has 3 rings (SSSR count). The molecule has 8 heteroatoms. The van der Waals surface area contributed by atoms with Crippen molar-refractivity contribution in [3.05, 3.63) is 64.2 Å². The van der Waals surface area contributed by atoms with Gasteiger partial charge < -0.3 is 9.84 Å². The lowest BCUT2D eigenvalue weighted by atomic mass is 9.90. The first-order chi connectivity index (χ1) is 14.2. The number of nitrogens with zero attached hydrogens (tertiary/aromatic N) is 1. The maximum Gasteiger partial charge on any atom is 0.416 e. The fraction of sp³-hybridized carbons (Fsp3) is 0.409. The van der Waals surface area contributed by atoms with Gasteiger partial charge in [-0.1, -0.05) is 30.2 Å². The summed E-state index contributed by atoms with van der Waals surface area (Å²) >= 11 is 6.37. The second-order valence-electron chi connectivity index (χ2n) is 7.23. The van der Waals surface area contributed by atoms with E-state index in [0.29, 0.717) is 30.9 Å². The molecule has 0 saturated carbocycles. The maximum absolute atomic E-state index is 13.4. The van der Waals surface area contributed by atoms with Gasteiger partial charge >= 0.3 is 12.1 Å². The zero-order valence-corrected chi connectivity index (χ0v) is 17.2. The number of carboxylic acid groups (broad SMARTS) is 1. The molecule has 0 radical (unpaired) electrons. The number of benzene rings is 2. The van der Waals surface area contributed by atoms with E-state index >= 15 is 0 Å². The van der Waals surface area contributed by atoms with Crippen molar-refractivity contribution in [1.82, 2.24) is 4.90 Å². The van der Waals surface area contributed by atoms with E-state index in [0.717, 1.165) is 25.0 Å². The first-order valence-corrected chi connectivity index (χ1v) is 10.2. The molecule has 1 heterocycles. The molecule has 2 aromatic rings. The number of alkyl halides is 3. The van der Waals surface area contributed by atoms with Crippen molar-refractivity contribution in [2.75, 3.05) is 13.2 Å². The zero-order valence-electron chi connectivity index (χ0n) is 16.5. The highest BCUT2D eigenvalue weighted by molar-refractivity contribution is 6.31. The van der Waals surface area contributed by atoms with Crippen molar-refractivity contribution in [2.45, 2.75) is 44.4 Å². The van der Waals surface area contributed by atoms with Crippen molar-refractivity contribution in [3.8, 4) is 5.75 Å². The molecule has 2 unspecified atom stereocenters. The van der Waals surface area contributed by atoms with Crippen molar-refractivity contribution in [2.24, 2.45) is 0 Å². The summed E-state index contributed by atoms with van der Waals surface area (Å²) in [6.07, 6.45) is -2.61. The fourth-order valence-corrected chi connectivity index (χ4v) is 4.17. The Morgan fingerprint density at radius 1 is 1.27 bits per heavy atom. The Hall–Kier alpha value is -2.25. The minimum Gasteiger partial charge on any atom is -0.494 e. The monoisotopic (exact) mass is 441 g/mol. The third-order valence-corrected chi connectivity index (χ3v) is 5.61. The highest BCUT2D eigenvalue weighted by Crippen LogP contribution is 2.41. The largest absolute Gasteiger partial charge is 0.494 e. The lowest BCUT2D eigenvalue weighted by molar-refractivity contribution is -0.145. The van der Waals surface area contributed by atoms with E-state index in [4.69, 9.17) is 16.3 Å². The Bertz CT molecular complexity index is 903. The van der Waals surface area contributed by atoms with Crippen molar-refractivity contribution in [3.63, 3.8) is 0 Å². The molecule has 162 valence electrons. The normalized spacial score (nSPS) is 18.8. The Labute approximate surface area is 178 Å². The summed E-state index contributed by atoms with van der Waals surface area (Å²) in [5, 5.41) is 9.92. The van der Waals surface area contributed by atoms with Crippen LogP contribution < -0.4 is 4.74 Å². The quantitative estimate of drug-likeness (QED) is 0.616. The number of ether oxygens (including phenoxy) is 1. The SMILES string of the molecule is CCOc1cccc(C(c2cc(C(F)(F)F)ccc2Cl)N2CCCCC2C(=O)O)c1. The molecule has 0 spiro atoms. The van der Waals surface area contributed by atoms with E-state index in [1.165, 1.54) is 6.07 Å². The van der Waals surface area contributed by atoms with Crippen LogP contribution in [-0.2, 0) is 11.0 Å². The van der Waals surface area contributed by atoms with Crippen molar-refractivity contribution < 1.29 is 27.8 Å². The Kier molecular flexibility index (Phi) is 6.93. The molecule has 1 aliphatic rings. The van der Waals surface area contributed by atoms with Gasteiger partial charge in [0.15, 0.2) is 0 Å². The smallest absolute Gasteiger partial charge is 0.416 e. The second kappa shape index (κ2) is 9.27. The van der Waals surface area contributed by atoms with Crippen LogP contribution in [0.15, 0.2) is 42.5 Å². The van der Waals surface area contributed by atoms with E-state index in [1.54, 1.807) is 29.2 Å². The number of hydrogen-bond acceptors (Lipinski definition) is 3. The average molecular weight is 442 g/mol. The molecule has 1 fully saturated rings. The van der Waals surface area contributed by atoms with Gasteiger partial charge in [0.25, 0.3) is 0 Å². The Morgan fingerprint density at radius 3 is 2.70 bits per heavy atom. The number of rotatable bonds is 6. The van der Waals surface area contributed by atoms with Crippen LogP contribution in [0.5, 0.6) is 5.75 Å². The standard InChI is InChI=1S/C22H23ClF3NO3/c1-2-30-16-7-5-6-14(12-16)20(27-11-4-3-8-19(27)21(28)29)17-13-15(22(24,25)26)9-10-18(17)23/h5-7,9-10,12-13,19-20H,2-4,8,11H2,1H3,(H,28,29). The molecule has 1 N–H and O–H groups in total. The molecule has 0 amide bonds. The molecule has 2 atom stereocenters. The predicted octanol–water partition coefficient (Wildman–Crippen LogP) is 5.79. The van der Waals surface area contributed by atoms with Gasteiger partial charge in [-0.3, -0.25) is 9.69 Å². The van der Waals surface area contributed by atoms with Crippen LogP contribution in [-0.4, -0.2) is 35.2 Å². The van der Waals surface area contributed by atoms with Gasteiger partial charge in [-0.25, -0.2) is 0 Å². The molecule has 1 saturated heterocycles. The van der Waals surface area contributed by atoms with Gasteiger partial charge in [-0.15, -0.1) is 0 Å². The summed E-state index contributed by atoms with van der Waals surface area (Å²) in [6, 6.07) is 8.61. The molecular formula is C22H23ClF3NO3. The van der Waals surface area contributed by atoms with E-state index in [-0.39, 0.29) is 10.6 Å². The second-order valence-corrected chi connectivity index (χ2v) is 7.64. The summed E-state index contributed by atoms with van der Waals surface area (Å²) in [5.74, 6) is -0.434. The molecule has 4 nitrogen and oxygen atoms in total. The lowest BCUT2D eigenvalue weighted by Crippen LogP contribution is -2.47. The highest BCUT2D eigenvalue weighted by Gasteiger charge is 2.38. The van der Waals surface area contributed by atoms with Gasteiger partial charge in [0.05, 0.1) is 18.2 Å². The van der Waals surface area contributed by atoms with Gasteiger partial charge in [-0.2, -0.15) is 13.2 Å². The molecule has 1 aliphatic heterocycles. The minimum absolute atomic E-state index is 0.157. The third kappa shape index (κ3) is 4.90. The molecule has 0 aliphatic carbocycles. The maximum atomic E-state index is 13.4. The van der Waals surface area contributed by atoms with E-state index in [2.05, 4.69) is 0 Å². The summed E-state index contributed by atoms with van der Waals surface area (Å²) < 4.78 is 45.8. The minimum atomic E-state index is -4.54. The van der Waals surface area contributed by atoms with Crippen LogP contribution in [0.25, 0.3) is 0 Å². The number of halogens is 4. The van der Waals surface area contributed by atoms with Crippen LogP contribution in [0.1, 0.15) is 48.9 Å². The number of carbonyl (C=O) groups is 1. The van der Waals surface area contributed by atoms with Crippen molar-refractivity contribution >= 4 is 17.6 Å². The zero-order chi connectivity index (χ0) is 21.9. The van der Waals surface area contributed by atoms with Crippen LogP contribution in [0.4, 0.5) is 13.2 Å². The first kappa shape index (κ1) is 22.4. The van der Waals surface area contributed by atoms with Crippen molar-refractivity contribution in [1.29, 1.82) is 0 Å². The number of aliphatic carboxylic acids is 1. The van der Waals surface area contributed by atoms with E-state index in [1.807, 2.05) is 6.92 Å². The van der Waals surface area contributed by atoms with Gasteiger partial charge in [0.2, 0.25) is 0 Å². The summed E-state index contributed by atoms with van der Waals surface area (Å²) in [5.41, 5.74) is 0.0420. The van der Waals surface area contributed by atoms with Gasteiger partial charge in [-0.05, 0) is 67.8 Å². The number of carboxylic acids is 1. The predicted molar refractivity (Wildman–Crippen MR) is 108 cm³/mol. The molecule has 2 aromatic carbocycles. The molecule has 0 bridgehead atoms. The van der Waals surface area contributed by atoms with Gasteiger partial charge in [0.1, 0.15) is 11.8 Å². The van der Waals surface area contributed by atoms with Gasteiger partial charge in [0, 0.05) is 5.02 Å². The fourth-order valence-electron chi connectivity index (χ4n) is 3.95. The molecule has 0 aromatic heterocycles. The summed E-state index contributed by atoms with van der Waals surface area (Å²) in [6.45, 7) is 2.70. The van der Waals surface area contributed by atoms with Crippen LogP contribution in [0, 0.1) is 0 Å². The molecular weight excluding hydrogens is 419 g/mol.